The van der Waals surface area contributed by atoms with E-state index in [0.717, 1.165) is 44.9 Å². The molecule has 3 atom stereocenters. The second-order valence-corrected chi connectivity index (χ2v) is 25.6. The van der Waals surface area contributed by atoms with Gasteiger partial charge >= 0.3 is 7.82 Å². The maximum absolute atomic E-state index is 13.0. The fraction of sp³-hybridized carbons (Fsp3) is 0.868. The van der Waals surface area contributed by atoms with Crippen LogP contribution in [0.3, 0.4) is 0 Å². The Kier molecular flexibility index (Phi) is 57.9. The molecule has 3 unspecified atom stereocenters. The minimum Gasteiger partial charge on any atom is -0.387 e. The molecule has 3 N–H and O–H groups in total. The molecule has 0 spiro atoms. The van der Waals surface area contributed by atoms with E-state index >= 15 is 0 Å². The number of carbonyl (C=O) groups excluding carboxylic acids is 1. The third-order valence-corrected chi connectivity index (χ3v) is 16.3. The number of allylic oxidation sites excluding steroid dienone is 7. The molecule has 8 nitrogen and oxygen atoms in total. The normalized spacial score (nSPS) is 14.0. The summed E-state index contributed by atoms with van der Waals surface area (Å²) in [6.07, 6.45) is 79.7. The van der Waals surface area contributed by atoms with Gasteiger partial charge in [0, 0.05) is 6.42 Å². The molecule has 0 radical (unpaired) electrons. The summed E-state index contributed by atoms with van der Waals surface area (Å²) >= 11 is 0. The molecule has 0 bridgehead atoms. The van der Waals surface area contributed by atoms with Gasteiger partial charge in [-0.2, -0.15) is 0 Å². The van der Waals surface area contributed by atoms with Crippen LogP contribution in [-0.4, -0.2) is 73.4 Å². The molecule has 0 aromatic rings. The number of unbranched alkanes of at least 4 members (excludes halogenated alkanes) is 43. The van der Waals surface area contributed by atoms with E-state index in [-0.39, 0.29) is 19.1 Å². The Labute approximate surface area is 479 Å². The van der Waals surface area contributed by atoms with Crippen molar-refractivity contribution in [3.63, 3.8) is 0 Å². The van der Waals surface area contributed by atoms with Crippen LogP contribution >= 0.6 is 7.82 Å². The lowest BCUT2D eigenvalue weighted by atomic mass is 10.0. The van der Waals surface area contributed by atoms with Crippen LogP contribution in [0.1, 0.15) is 328 Å². The first-order valence-corrected chi connectivity index (χ1v) is 35.0. The Hall–Kier alpha value is -1.54. The molecule has 0 saturated heterocycles. The van der Waals surface area contributed by atoms with Crippen molar-refractivity contribution in [2.75, 3.05) is 40.9 Å². The number of hydrogen-bond acceptors (Lipinski definition) is 5. The molecule has 77 heavy (non-hydrogen) atoms. The fourth-order valence-corrected chi connectivity index (χ4v) is 10.8. The lowest BCUT2D eigenvalue weighted by Crippen LogP contribution is -2.45. The molecule has 0 aliphatic rings. The van der Waals surface area contributed by atoms with Gasteiger partial charge in [-0.3, -0.25) is 13.8 Å². The first-order valence-electron chi connectivity index (χ1n) is 33.5. The number of aliphatic hydroxyl groups excluding tert-OH is 1. The summed E-state index contributed by atoms with van der Waals surface area (Å²) in [7, 11) is 1.56. The maximum atomic E-state index is 13.0. The molecule has 0 aromatic carbocycles. The van der Waals surface area contributed by atoms with Crippen molar-refractivity contribution in [1.82, 2.24) is 5.32 Å². The summed E-state index contributed by atoms with van der Waals surface area (Å²) in [5.74, 6) is -0.183. The minimum atomic E-state index is -4.36. The highest BCUT2D eigenvalue weighted by molar-refractivity contribution is 7.47. The maximum Gasteiger partial charge on any atom is 0.472 e. The van der Waals surface area contributed by atoms with Crippen molar-refractivity contribution < 1.29 is 32.9 Å². The molecule has 0 heterocycles. The van der Waals surface area contributed by atoms with Crippen molar-refractivity contribution in [3.8, 4) is 0 Å². The molecule has 0 fully saturated rings. The second kappa shape index (κ2) is 59.1. The van der Waals surface area contributed by atoms with E-state index in [4.69, 9.17) is 9.05 Å². The summed E-state index contributed by atoms with van der Waals surface area (Å²) in [6, 6.07) is -0.865. The van der Waals surface area contributed by atoms with Crippen molar-refractivity contribution in [3.05, 3.63) is 48.6 Å². The number of nitrogens with one attached hydrogen (secondary N) is 1. The molecule has 0 aromatic heterocycles. The number of amides is 1. The zero-order valence-electron chi connectivity index (χ0n) is 52.0. The first-order chi connectivity index (χ1) is 37.5. The van der Waals surface area contributed by atoms with Gasteiger partial charge in [0.2, 0.25) is 5.91 Å². The molecule has 0 aliphatic carbocycles. The van der Waals surface area contributed by atoms with Crippen molar-refractivity contribution in [2.45, 2.75) is 341 Å². The highest BCUT2D eigenvalue weighted by Gasteiger charge is 2.28. The molecular formula is C68H132N2O6P+. The van der Waals surface area contributed by atoms with Gasteiger partial charge in [-0.1, -0.05) is 306 Å². The zero-order valence-corrected chi connectivity index (χ0v) is 52.9. The quantitative estimate of drug-likeness (QED) is 0.0243. The monoisotopic (exact) mass is 1100 g/mol. The molecule has 0 aliphatic heterocycles. The van der Waals surface area contributed by atoms with E-state index in [1.165, 1.54) is 263 Å². The van der Waals surface area contributed by atoms with Crippen molar-refractivity contribution in [1.29, 1.82) is 0 Å². The molecular weight excluding hydrogens is 972 g/mol. The Balaban J connectivity index is 4.12. The largest absolute Gasteiger partial charge is 0.472 e. The van der Waals surface area contributed by atoms with Crippen LogP contribution in [-0.2, 0) is 18.4 Å². The number of hydrogen-bond donors (Lipinski definition) is 3. The lowest BCUT2D eigenvalue weighted by molar-refractivity contribution is -0.870. The Morgan fingerprint density at radius 3 is 1.12 bits per heavy atom. The van der Waals surface area contributed by atoms with Crippen LogP contribution in [0.5, 0.6) is 0 Å². The van der Waals surface area contributed by atoms with Crippen LogP contribution < -0.4 is 5.32 Å². The molecule has 9 heteroatoms. The Morgan fingerprint density at radius 1 is 0.442 bits per heavy atom. The van der Waals surface area contributed by atoms with Crippen molar-refractivity contribution in [2.24, 2.45) is 0 Å². The van der Waals surface area contributed by atoms with Gasteiger partial charge in [-0.25, -0.2) is 4.57 Å². The number of quaternary nitrogens is 1. The third-order valence-electron chi connectivity index (χ3n) is 15.3. The number of nitrogens with zero attached hydrogens (tertiary/aromatic N) is 1. The average Bonchev–Trinajstić information content (AvgIpc) is 3.39. The molecule has 454 valence electrons. The summed E-state index contributed by atoms with van der Waals surface area (Å²) in [6.45, 7) is 4.84. The van der Waals surface area contributed by atoms with E-state index in [0.29, 0.717) is 17.4 Å². The van der Waals surface area contributed by atoms with Crippen LogP contribution in [0, 0.1) is 0 Å². The molecule has 1 amide bonds. The van der Waals surface area contributed by atoms with Gasteiger partial charge in [-0.15, -0.1) is 0 Å². The van der Waals surface area contributed by atoms with Crippen LogP contribution in [0.2, 0.25) is 0 Å². The topological polar surface area (TPSA) is 105 Å². The van der Waals surface area contributed by atoms with Gasteiger partial charge < -0.3 is 19.8 Å². The van der Waals surface area contributed by atoms with Crippen LogP contribution in [0.4, 0.5) is 0 Å². The molecule has 0 rings (SSSR count). The summed E-state index contributed by atoms with van der Waals surface area (Å²) in [4.78, 5) is 23.4. The second-order valence-electron chi connectivity index (χ2n) is 24.2. The lowest BCUT2D eigenvalue weighted by Gasteiger charge is -2.25. The van der Waals surface area contributed by atoms with Gasteiger partial charge in [0.15, 0.2) is 0 Å². The number of aliphatic hydroxyl groups is 1. The number of phosphoric ester groups is 1. The third kappa shape index (κ3) is 61.9. The average molecular weight is 1100 g/mol. The molecule has 0 saturated carbocycles. The van der Waals surface area contributed by atoms with Gasteiger partial charge in [0.25, 0.3) is 0 Å². The number of likely N-dealkylation sites (N-methyl/N-ethyl adjacent to an activating group) is 1. The van der Waals surface area contributed by atoms with Gasteiger partial charge in [-0.05, 0) is 64.2 Å². The van der Waals surface area contributed by atoms with Crippen LogP contribution in [0.15, 0.2) is 48.6 Å². The first kappa shape index (κ1) is 75.5. The SMILES string of the molecule is CCCCCCCCCCC/C=C\C/C=C\CCCCCCCCCCCCCCCCCC(=O)NC(COP(=O)(O)OCC[N+](C)(C)C)C(O)/C=C/CC/C=C/CCCCCCCCCCCCCCCCCCCC. The van der Waals surface area contributed by atoms with Crippen molar-refractivity contribution >= 4 is 13.7 Å². The highest BCUT2D eigenvalue weighted by Crippen LogP contribution is 2.43. The van der Waals surface area contributed by atoms with E-state index in [9.17, 15) is 19.4 Å². The number of carbonyl (C=O) groups is 1. The Bertz CT molecular complexity index is 1390. The van der Waals surface area contributed by atoms with Gasteiger partial charge in [0.1, 0.15) is 13.2 Å². The fourth-order valence-electron chi connectivity index (χ4n) is 10.0. The number of rotatable bonds is 62. The summed E-state index contributed by atoms with van der Waals surface area (Å²) in [5.41, 5.74) is 0. The minimum absolute atomic E-state index is 0.0565. The highest BCUT2D eigenvalue weighted by atomic mass is 31.2. The number of phosphoric acid groups is 1. The standard InChI is InChI=1S/C68H131N2O6P/c1-6-8-10-12-14-16-18-20-22-24-26-28-30-32-33-34-35-36-37-38-40-42-44-46-48-50-52-54-56-58-60-62-68(72)69-66(65-76-77(73,74)75-64-63-70(3,4)5)67(71)61-59-57-55-53-51-49-47-45-43-41-39-31-29-27-25-23-21-19-17-15-13-11-9-7-2/h26,28,32-33,51,53,59,61,66-67,71H,6-25,27,29-31,34-50,52,54-58,60,62-65H2,1-5H3,(H-,69,72,73,74)/p+1/b28-26-,33-32-,53-51+,61-59+. The smallest absolute Gasteiger partial charge is 0.387 e. The van der Waals surface area contributed by atoms with E-state index in [1.807, 2.05) is 27.2 Å². The predicted molar refractivity (Wildman–Crippen MR) is 337 cm³/mol. The predicted octanol–water partition coefficient (Wildman–Crippen LogP) is 21.1. The van der Waals surface area contributed by atoms with Crippen LogP contribution in [0.25, 0.3) is 0 Å². The van der Waals surface area contributed by atoms with Gasteiger partial charge in [0.05, 0.1) is 39.9 Å². The summed E-state index contributed by atoms with van der Waals surface area (Å²) < 4.78 is 23.8. The summed E-state index contributed by atoms with van der Waals surface area (Å²) in [5, 5.41) is 14.0. The van der Waals surface area contributed by atoms with E-state index in [2.05, 4.69) is 55.6 Å². The van der Waals surface area contributed by atoms with E-state index in [1.54, 1.807) is 6.08 Å². The van der Waals surface area contributed by atoms with E-state index < -0.39 is 20.0 Å². The zero-order chi connectivity index (χ0) is 56.3. The Morgan fingerprint density at radius 2 is 0.753 bits per heavy atom.